The van der Waals surface area contributed by atoms with Crippen LogP contribution in [0.25, 0.3) is 11.3 Å². The first-order valence-electron chi connectivity index (χ1n) is 4.87. The van der Waals surface area contributed by atoms with Gasteiger partial charge in [-0.15, -0.1) is 0 Å². The van der Waals surface area contributed by atoms with E-state index in [9.17, 15) is 4.79 Å². The van der Waals surface area contributed by atoms with Crippen LogP contribution in [-0.2, 0) is 11.3 Å². The second kappa shape index (κ2) is 4.47. The number of carboxylic acid groups (broad SMARTS) is 1. The molecule has 0 saturated carbocycles. The average Bonchev–Trinajstić information content (AvgIpc) is 2.60. The molecule has 3 N–H and O–H groups in total. The number of aliphatic carboxylic acids is 1. The standard InChI is InChI=1S/C11H10ClN3O2/c12-8-3-1-7(2-4-8)9-5-10(13)15(14-9)6-11(16)17/h1-5H,6,13H2,(H,16,17). The molecule has 0 radical (unpaired) electrons. The van der Waals surface area contributed by atoms with E-state index in [0.717, 1.165) is 5.56 Å². The third-order valence-electron chi connectivity index (χ3n) is 2.24. The molecule has 0 aliphatic carbocycles. The van der Waals surface area contributed by atoms with Crippen LogP contribution in [0.3, 0.4) is 0 Å². The molecule has 2 rings (SSSR count). The van der Waals surface area contributed by atoms with Crippen LogP contribution in [0.15, 0.2) is 30.3 Å². The second-order valence-electron chi connectivity index (χ2n) is 3.51. The van der Waals surface area contributed by atoms with Crippen LogP contribution >= 0.6 is 11.6 Å². The van der Waals surface area contributed by atoms with E-state index in [1.165, 1.54) is 4.68 Å². The molecular weight excluding hydrogens is 242 g/mol. The number of nitrogens with zero attached hydrogens (tertiary/aromatic N) is 2. The van der Waals surface area contributed by atoms with Gasteiger partial charge in [-0.05, 0) is 12.1 Å². The SMILES string of the molecule is Nc1cc(-c2ccc(Cl)cc2)nn1CC(=O)O. The van der Waals surface area contributed by atoms with Gasteiger partial charge in [-0.25, -0.2) is 4.68 Å². The molecule has 1 heterocycles. The van der Waals surface area contributed by atoms with Crippen molar-refractivity contribution < 1.29 is 9.90 Å². The van der Waals surface area contributed by atoms with Crippen molar-refractivity contribution in [1.29, 1.82) is 0 Å². The van der Waals surface area contributed by atoms with E-state index < -0.39 is 5.97 Å². The van der Waals surface area contributed by atoms with Crippen molar-refractivity contribution in [2.24, 2.45) is 0 Å². The molecule has 1 aromatic heterocycles. The summed E-state index contributed by atoms with van der Waals surface area (Å²) >= 11 is 5.78. The molecule has 0 spiro atoms. The van der Waals surface area contributed by atoms with E-state index in [2.05, 4.69) is 5.10 Å². The summed E-state index contributed by atoms with van der Waals surface area (Å²) in [6.07, 6.45) is 0. The van der Waals surface area contributed by atoms with Crippen molar-refractivity contribution in [3.05, 3.63) is 35.4 Å². The molecule has 0 saturated heterocycles. The minimum Gasteiger partial charge on any atom is -0.480 e. The van der Waals surface area contributed by atoms with E-state index in [-0.39, 0.29) is 6.54 Å². The average molecular weight is 252 g/mol. The van der Waals surface area contributed by atoms with Gasteiger partial charge in [0.15, 0.2) is 0 Å². The van der Waals surface area contributed by atoms with Crippen LogP contribution in [0.4, 0.5) is 5.82 Å². The largest absolute Gasteiger partial charge is 0.480 e. The number of benzene rings is 1. The Morgan fingerprint density at radius 1 is 1.41 bits per heavy atom. The lowest BCUT2D eigenvalue weighted by Gasteiger charge is -1.98. The molecule has 0 aliphatic heterocycles. The topological polar surface area (TPSA) is 81.1 Å². The molecule has 0 atom stereocenters. The number of halogens is 1. The van der Waals surface area contributed by atoms with Crippen molar-refractivity contribution in [2.75, 3.05) is 5.73 Å². The molecular formula is C11H10ClN3O2. The van der Waals surface area contributed by atoms with Crippen molar-refractivity contribution in [3.8, 4) is 11.3 Å². The lowest BCUT2D eigenvalue weighted by Crippen LogP contribution is -2.12. The summed E-state index contributed by atoms with van der Waals surface area (Å²) in [5.41, 5.74) is 7.13. The zero-order valence-electron chi connectivity index (χ0n) is 8.80. The highest BCUT2D eigenvalue weighted by Crippen LogP contribution is 2.22. The Balaban J connectivity index is 2.34. The van der Waals surface area contributed by atoms with Crippen LogP contribution in [0.5, 0.6) is 0 Å². The van der Waals surface area contributed by atoms with Crippen molar-refractivity contribution in [1.82, 2.24) is 9.78 Å². The number of anilines is 1. The molecule has 2 aromatic rings. The fourth-order valence-electron chi connectivity index (χ4n) is 1.45. The number of hydrogen-bond acceptors (Lipinski definition) is 3. The summed E-state index contributed by atoms with van der Waals surface area (Å²) in [6.45, 7) is -0.251. The molecule has 5 nitrogen and oxygen atoms in total. The van der Waals surface area contributed by atoms with Gasteiger partial charge in [-0.3, -0.25) is 4.79 Å². The summed E-state index contributed by atoms with van der Waals surface area (Å²) in [7, 11) is 0. The number of nitrogen functional groups attached to an aromatic ring is 1. The summed E-state index contributed by atoms with van der Waals surface area (Å²) < 4.78 is 1.24. The maximum absolute atomic E-state index is 10.6. The van der Waals surface area contributed by atoms with Gasteiger partial charge in [-0.1, -0.05) is 23.7 Å². The number of carbonyl (C=O) groups is 1. The molecule has 0 fully saturated rings. The zero-order chi connectivity index (χ0) is 12.4. The highest BCUT2D eigenvalue weighted by Gasteiger charge is 2.09. The van der Waals surface area contributed by atoms with Crippen molar-refractivity contribution in [3.63, 3.8) is 0 Å². The van der Waals surface area contributed by atoms with E-state index in [1.807, 2.05) is 0 Å². The van der Waals surface area contributed by atoms with Crippen molar-refractivity contribution >= 4 is 23.4 Å². The van der Waals surface area contributed by atoms with Crippen molar-refractivity contribution in [2.45, 2.75) is 6.54 Å². The smallest absolute Gasteiger partial charge is 0.325 e. The van der Waals surface area contributed by atoms with Gasteiger partial charge < -0.3 is 10.8 Å². The van der Waals surface area contributed by atoms with Gasteiger partial charge in [0.25, 0.3) is 0 Å². The second-order valence-corrected chi connectivity index (χ2v) is 3.95. The lowest BCUT2D eigenvalue weighted by atomic mass is 10.1. The van der Waals surface area contributed by atoms with Crippen LogP contribution in [0, 0.1) is 0 Å². The summed E-state index contributed by atoms with van der Waals surface area (Å²) in [5.74, 6) is -0.667. The monoisotopic (exact) mass is 251 g/mol. The van der Waals surface area contributed by atoms with Crippen LogP contribution < -0.4 is 5.73 Å². The van der Waals surface area contributed by atoms with E-state index in [0.29, 0.717) is 16.5 Å². The van der Waals surface area contributed by atoms with Crippen LogP contribution in [-0.4, -0.2) is 20.9 Å². The highest BCUT2D eigenvalue weighted by atomic mass is 35.5. The van der Waals surface area contributed by atoms with E-state index >= 15 is 0 Å². The molecule has 0 aliphatic rings. The van der Waals surface area contributed by atoms with Gasteiger partial charge in [-0.2, -0.15) is 5.10 Å². The minimum atomic E-state index is -0.984. The van der Waals surface area contributed by atoms with Gasteiger partial charge in [0, 0.05) is 16.7 Å². The van der Waals surface area contributed by atoms with Gasteiger partial charge in [0.2, 0.25) is 0 Å². The number of hydrogen-bond donors (Lipinski definition) is 2. The van der Waals surface area contributed by atoms with Gasteiger partial charge in [0.1, 0.15) is 12.4 Å². The van der Waals surface area contributed by atoms with E-state index in [1.54, 1.807) is 30.3 Å². The van der Waals surface area contributed by atoms with Crippen LogP contribution in [0.2, 0.25) is 5.02 Å². The molecule has 0 bridgehead atoms. The Morgan fingerprint density at radius 2 is 2.06 bits per heavy atom. The normalized spacial score (nSPS) is 10.4. The summed E-state index contributed by atoms with van der Waals surface area (Å²) in [6, 6.07) is 8.71. The quantitative estimate of drug-likeness (QED) is 0.873. The lowest BCUT2D eigenvalue weighted by molar-refractivity contribution is -0.137. The predicted octanol–water partition coefficient (Wildman–Crippen LogP) is 1.87. The fraction of sp³-hybridized carbons (Fsp3) is 0.0909. The highest BCUT2D eigenvalue weighted by molar-refractivity contribution is 6.30. The summed E-state index contributed by atoms with van der Waals surface area (Å²) in [5, 5.41) is 13.4. The van der Waals surface area contributed by atoms with Gasteiger partial charge >= 0.3 is 5.97 Å². The summed E-state index contributed by atoms with van der Waals surface area (Å²) in [4.78, 5) is 10.6. The molecule has 17 heavy (non-hydrogen) atoms. The van der Waals surface area contributed by atoms with Gasteiger partial charge in [0.05, 0.1) is 5.69 Å². The van der Waals surface area contributed by atoms with E-state index in [4.69, 9.17) is 22.4 Å². The fourth-order valence-corrected chi connectivity index (χ4v) is 1.57. The molecule has 6 heteroatoms. The Kier molecular flexibility index (Phi) is 3.01. The number of carboxylic acids is 1. The zero-order valence-corrected chi connectivity index (χ0v) is 9.55. The number of nitrogens with two attached hydrogens (primary N) is 1. The third kappa shape index (κ3) is 2.57. The Morgan fingerprint density at radius 3 is 2.65 bits per heavy atom. The first kappa shape index (κ1) is 11.5. The first-order chi connectivity index (χ1) is 8.06. The Labute approximate surface area is 102 Å². The number of aromatic nitrogens is 2. The van der Waals surface area contributed by atoms with Crippen LogP contribution in [0.1, 0.15) is 0 Å². The predicted molar refractivity (Wildman–Crippen MR) is 64.7 cm³/mol. The minimum absolute atomic E-state index is 0.251. The maximum Gasteiger partial charge on any atom is 0.325 e. The Hall–Kier alpha value is -2.01. The third-order valence-corrected chi connectivity index (χ3v) is 2.49. The number of rotatable bonds is 3. The molecule has 88 valence electrons. The first-order valence-corrected chi connectivity index (χ1v) is 5.25. The molecule has 0 amide bonds. The molecule has 1 aromatic carbocycles. The molecule has 0 unspecified atom stereocenters. The maximum atomic E-state index is 10.6. The Bertz CT molecular complexity index is 548.